The third kappa shape index (κ3) is 2.46. The van der Waals surface area contributed by atoms with Crippen LogP contribution in [-0.4, -0.2) is 14.5 Å². The fourth-order valence-electron chi connectivity index (χ4n) is 2.34. The van der Waals surface area contributed by atoms with Crippen molar-refractivity contribution in [3.8, 4) is 0 Å². The van der Waals surface area contributed by atoms with Crippen LogP contribution in [0.5, 0.6) is 0 Å². The molecule has 0 amide bonds. The van der Waals surface area contributed by atoms with Gasteiger partial charge in [0.1, 0.15) is 5.76 Å². The predicted octanol–water partition coefficient (Wildman–Crippen LogP) is 1.21. The first-order valence-corrected chi connectivity index (χ1v) is 7.89. The summed E-state index contributed by atoms with van der Waals surface area (Å²) in [6, 6.07) is 3.18. The van der Waals surface area contributed by atoms with Crippen LogP contribution in [0.2, 0.25) is 0 Å². The molecule has 5 nitrogen and oxygen atoms in total. The first-order valence-electron chi connectivity index (χ1n) is 6.41. The summed E-state index contributed by atoms with van der Waals surface area (Å²) >= 11 is 0. The number of nitrogens with one attached hydrogen (secondary N) is 1. The van der Waals surface area contributed by atoms with Crippen molar-refractivity contribution in [2.75, 3.05) is 0 Å². The molecule has 2 fully saturated rings. The van der Waals surface area contributed by atoms with Crippen molar-refractivity contribution in [2.45, 2.75) is 43.4 Å². The van der Waals surface area contributed by atoms with Crippen LogP contribution >= 0.6 is 0 Å². The molecule has 0 radical (unpaired) electrons. The monoisotopic (exact) mass is 270 g/mol. The fourth-order valence-corrected chi connectivity index (χ4v) is 3.66. The lowest BCUT2D eigenvalue weighted by Crippen LogP contribution is -2.37. The Morgan fingerprint density at radius 1 is 1.28 bits per heavy atom. The van der Waals surface area contributed by atoms with Gasteiger partial charge in [0.2, 0.25) is 5.09 Å². The Hall–Kier alpha value is -0.850. The Labute approximate surface area is 107 Å². The molecule has 3 rings (SSSR count). The number of rotatable bonds is 6. The molecule has 0 atom stereocenters. The normalized spacial score (nSPS) is 20.6. The van der Waals surface area contributed by atoms with Gasteiger partial charge in [-0.1, -0.05) is 0 Å². The van der Waals surface area contributed by atoms with Gasteiger partial charge in [0.25, 0.3) is 10.0 Å². The summed E-state index contributed by atoms with van der Waals surface area (Å²) in [4.78, 5) is 0. The maximum atomic E-state index is 12.2. The van der Waals surface area contributed by atoms with Gasteiger partial charge < -0.3 is 10.2 Å². The van der Waals surface area contributed by atoms with Gasteiger partial charge in [-0.15, -0.1) is 0 Å². The van der Waals surface area contributed by atoms with E-state index >= 15 is 0 Å². The molecule has 0 bridgehead atoms. The Morgan fingerprint density at radius 2 is 1.89 bits per heavy atom. The van der Waals surface area contributed by atoms with E-state index in [9.17, 15) is 8.42 Å². The maximum Gasteiger partial charge on any atom is 0.274 e. The molecule has 2 aliphatic rings. The Kier molecular flexibility index (Phi) is 2.96. The van der Waals surface area contributed by atoms with Gasteiger partial charge in [0, 0.05) is 6.04 Å². The first kappa shape index (κ1) is 12.2. The molecule has 1 heterocycles. The lowest BCUT2D eigenvalue weighted by molar-refractivity contribution is 0.402. The Balaban J connectivity index is 1.76. The molecular weight excluding hydrogens is 252 g/mol. The minimum atomic E-state index is -3.53. The molecule has 18 heavy (non-hydrogen) atoms. The number of sulfonamides is 1. The molecule has 1 aromatic heterocycles. The molecule has 6 heteroatoms. The van der Waals surface area contributed by atoms with Crippen molar-refractivity contribution >= 4 is 10.0 Å². The van der Waals surface area contributed by atoms with Crippen LogP contribution in [0.15, 0.2) is 21.6 Å². The summed E-state index contributed by atoms with van der Waals surface area (Å²) < 4.78 is 32.4. The molecular formula is C12H18N2O3S. The molecule has 2 aliphatic carbocycles. The van der Waals surface area contributed by atoms with Gasteiger partial charge in [-0.2, -0.15) is 0 Å². The van der Waals surface area contributed by atoms with Crippen LogP contribution in [0.1, 0.15) is 31.4 Å². The number of furan rings is 1. The highest BCUT2D eigenvalue weighted by Gasteiger charge is 2.43. The number of nitrogens with two attached hydrogens (primary N) is 1. The topological polar surface area (TPSA) is 85.3 Å². The van der Waals surface area contributed by atoms with Gasteiger partial charge in [-0.3, -0.25) is 0 Å². The molecule has 2 saturated carbocycles. The Bertz CT molecular complexity index is 517. The van der Waals surface area contributed by atoms with Gasteiger partial charge in [-0.05, 0) is 49.7 Å². The highest BCUT2D eigenvalue weighted by Crippen LogP contribution is 2.45. The average molecular weight is 270 g/mol. The molecule has 0 aromatic carbocycles. The number of hydrogen-bond donors (Lipinski definition) is 2. The maximum absolute atomic E-state index is 12.2. The summed E-state index contributed by atoms with van der Waals surface area (Å²) in [6.45, 7) is 0.212. The molecule has 0 unspecified atom stereocenters. The van der Waals surface area contributed by atoms with E-state index in [1.54, 1.807) is 6.07 Å². The summed E-state index contributed by atoms with van der Waals surface area (Å²) in [6.07, 6.45) is 4.54. The van der Waals surface area contributed by atoms with Gasteiger partial charge in [0.05, 0.1) is 6.54 Å². The van der Waals surface area contributed by atoms with Gasteiger partial charge >= 0.3 is 0 Å². The largest absolute Gasteiger partial charge is 0.447 e. The second kappa shape index (κ2) is 4.36. The van der Waals surface area contributed by atoms with Crippen LogP contribution in [0, 0.1) is 11.8 Å². The van der Waals surface area contributed by atoms with E-state index in [4.69, 9.17) is 10.2 Å². The van der Waals surface area contributed by atoms with Crippen molar-refractivity contribution in [2.24, 2.45) is 17.6 Å². The van der Waals surface area contributed by atoms with Crippen LogP contribution < -0.4 is 10.5 Å². The minimum absolute atomic E-state index is 0.0192. The average Bonchev–Trinajstić information content (AvgIpc) is 3.24. The van der Waals surface area contributed by atoms with E-state index in [0.717, 1.165) is 25.7 Å². The lowest BCUT2D eigenvalue weighted by atomic mass is 10.1. The van der Waals surface area contributed by atoms with Crippen molar-refractivity contribution in [1.29, 1.82) is 0 Å². The predicted molar refractivity (Wildman–Crippen MR) is 66.2 cm³/mol. The van der Waals surface area contributed by atoms with E-state index in [1.807, 2.05) is 0 Å². The third-order valence-electron chi connectivity index (χ3n) is 3.65. The fraction of sp³-hybridized carbons (Fsp3) is 0.667. The summed E-state index contributed by atoms with van der Waals surface area (Å²) in [7, 11) is -3.53. The summed E-state index contributed by atoms with van der Waals surface area (Å²) in [5, 5.41) is -0.0192. The van der Waals surface area contributed by atoms with Crippen LogP contribution in [0.4, 0.5) is 0 Å². The minimum Gasteiger partial charge on any atom is -0.447 e. The van der Waals surface area contributed by atoms with Gasteiger partial charge in [0.15, 0.2) is 0 Å². The molecule has 100 valence electrons. The van der Waals surface area contributed by atoms with Crippen LogP contribution in [0.25, 0.3) is 0 Å². The van der Waals surface area contributed by atoms with E-state index in [-0.39, 0.29) is 17.7 Å². The van der Waals surface area contributed by atoms with E-state index in [0.29, 0.717) is 17.6 Å². The standard InChI is InChI=1S/C12H18N2O3S/c13-7-10-5-6-11(17-10)18(15,16)14-12(8-1-2-8)9-3-4-9/h5-6,8-9,12,14H,1-4,7,13H2. The van der Waals surface area contributed by atoms with E-state index < -0.39 is 10.0 Å². The third-order valence-corrected chi connectivity index (χ3v) is 4.99. The van der Waals surface area contributed by atoms with Crippen molar-refractivity contribution in [3.05, 3.63) is 17.9 Å². The highest BCUT2D eigenvalue weighted by molar-refractivity contribution is 7.89. The highest BCUT2D eigenvalue weighted by atomic mass is 32.2. The van der Waals surface area contributed by atoms with E-state index in [1.165, 1.54) is 6.07 Å². The van der Waals surface area contributed by atoms with Crippen LogP contribution in [0.3, 0.4) is 0 Å². The quantitative estimate of drug-likeness (QED) is 0.813. The molecule has 0 aliphatic heterocycles. The summed E-state index contributed by atoms with van der Waals surface area (Å²) in [5.41, 5.74) is 5.42. The first-order chi connectivity index (χ1) is 8.60. The second-order valence-corrected chi connectivity index (χ2v) is 6.89. The number of hydrogen-bond acceptors (Lipinski definition) is 4. The van der Waals surface area contributed by atoms with Gasteiger partial charge in [-0.25, -0.2) is 13.1 Å². The summed E-state index contributed by atoms with van der Waals surface area (Å²) in [5.74, 6) is 1.54. The Morgan fingerprint density at radius 3 is 2.33 bits per heavy atom. The SMILES string of the molecule is NCc1ccc(S(=O)(=O)NC(C2CC2)C2CC2)o1. The zero-order valence-corrected chi connectivity index (χ0v) is 10.9. The molecule has 0 spiro atoms. The molecule has 1 aromatic rings. The van der Waals surface area contributed by atoms with Crippen molar-refractivity contribution < 1.29 is 12.8 Å². The zero-order valence-electron chi connectivity index (χ0n) is 10.1. The second-order valence-electron chi connectivity index (χ2n) is 5.25. The zero-order chi connectivity index (χ0) is 12.8. The van der Waals surface area contributed by atoms with E-state index in [2.05, 4.69) is 4.72 Å². The molecule has 0 saturated heterocycles. The molecule has 3 N–H and O–H groups in total. The lowest BCUT2D eigenvalue weighted by Gasteiger charge is -2.16. The van der Waals surface area contributed by atoms with Crippen LogP contribution in [-0.2, 0) is 16.6 Å². The smallest absolute Gasteiger partial charge is 0.274 e. The van der Waals surface area contributed by atoms with Crippen molar-refractivity contribution in [1.82, 2.24) is 4.72 Å². The van der Waals surface area contributed by atoms with Crippen molar-refractivity contribution in [3.63, 3.8) is 0 Å².